The molecule has 0 spiro atoms. The molecular formula is C10H14N2OS. The molecule has 0 amide bonds. The zero-order valence-electron chi connectivity index (χ0n) is 8.27. The lowest BCUT2D eigenvalue weighted by Crippen LogP contribution is -2.18. The van der Waals surface area contributed by atoms with Gasteiger partial charge in [0.25, 0.3) is 0 Å². The Morgan fingerprint density at radius 3 is 3.29 bits per heavy atom. The van der Waals surface area contributed by atoms with Gasteiger partial charge in [-0.3, -0.25) is 9.48 Å². The van der Waals surface area contributed by atoms with Crippen LogP contribution in [0.3, 0.4) is 0 Å². The molecule has 1 aromatic rings. The number of carbonyl (C=O) groups is 1. The molecule has 0 N–H and O–H groups in total. The Bertz CT molecular complexity index is 329. The summed E-state index contributed by atoms with van der Waals surface area (Å²) in [6, 6.07) is 1.82. The van der Waals surface area contributed by atoms with Crippen molar-refractivity contribution >= 4 is 17.5 Å². The van der Waals surface area contributed by atoms with Gasteiger partial charge in [0.1, 0.15) is 5.69 Å². The average molecular weight is 210 g/mol. The van der Waals surface area contributed by atoms with E-state index in [4.69, 9.17) is 0 Å². The normalized spacial score (nSPS) is 21.4. The van der Waals surface area contributed by atoms with E-state index in [1.54, 1.807) is 22.6 Å². The summed E-state index contributed by atoms with van der Waals surface area (Å²) < 4.78 is 1.78. The number of nitrogens with zero attached hydrogens (tertiary/aromatic N) is 2. The van der Waals surface area contributed by atoms with E-state index in [1.165, 1.54) is 6.42 Å². The van der Waals surface area contributed by atoms with E-state index in [0.717, 1.165) is 24.4 Å². The first-order valence-electron chi connectivity index (χ1n) is 5.00. The van der Waals surface area contributed by atoms with Crippen LogP contribution in [0.5, 0.6) is 0 Å². The number of carbonyl (C=O) groups excluding carboxylic acids is 1. The van der Waals surface area contributed by atoms with Gasteiger partial charge >= 0.3 is 0 Å². The van der Waals surface area contributed by atoms with Gasteiger partial charge in [0.2, 0.25) is 0 Å². The van der Waals surface area contributed by atoms with E-state index >= 15 is 0 Å². The highest BCUT2D eigenvalue weighted by molar-refractivity contribution is 8.00. The highest BCUT2D eigenvalue weighted by Crippen LogP contribution is 2.28. The number of rotatable bonds is 3. The number of aryl methyl sites for hydroxylation is 1. The molecular weight excluding hydrogens is 196 g/mol. The molecule has 1 unspecified atom stereocenters. The molecule has 1 aliphatic heterocycles. The van der Waals surface area contributed by atoms with Crippen molar-refractivity contribution in [2.24, 2.45) is 0 Å². The van der Waals surface area contributed by atoms with Gasteiger partial charge < -0.3 is 0 Å². The summed E-state index contributed by atoms with van der Waals surface area (Å²) in [6.07, 6.45) is 3.90. The van der Waals surface area contributed by atoms with Crippen LogP contribution in [0, 0.1) is 0 Å². The summed E-state index contributed by atoms with van der Waals surface area (Å²) in [5.41, 5.74) is 0.770. The van der Waals surface area contributed by atoms with E-state index in [1.807, 2.05) is 13.0 Å². The lowest BCUT2D eigenvalue weighted by molar-refractivity contribution is 0.0978. The van der Waals surface area contributed by atoms with E-state index in [0.29, 0.717) is 0 Å². The predicted molar refractivity (Wildman–Crippen MR) is 57.7 cm³/mol. The topological polar surface area (TPSA) is 34.9 Å². The first kappa shape index (κ1) is 9.77. The SMILES string of the molecule is CCn1nccc1C(=O)C1CCCS1. The number of Topliss-reactive ketones (excluding diaryl/α,β-unsaturated/α-hetero) is 1. The molecule has 4 heteroatoms. The minimum absolute atomic E-state index is 0.178. The molecule has 1 aliphatic rings. The van der Waals surface area contributed by atoms with Gasteiger partial charge in [-0.2, -0.15) is 16.9 Å². The molecule has 14 heavy (non-hydrogen) atoms. The van der Waals surface area contributed by atoms with Crippen molar-refractivity contribution in [3.8, 4) is 0 Å². The van der Waals surface area contributed by atoms with Crippen molar-refractivity contribution in [2.75, 3.05) is 5.75 Å². The first-order valence-corrected chi connectivity index (χ1v) is 6.05. The van der Waals surface area contributed by atoms with Crippen LogP contribution < -0.4 is 0 Å². The largest absolute Gasteiger partial charge is 0.291 e. The third-order valence-corrected chi connectivity index (χ3v) is 3.87. The number of hydrogen-bond donors (Lipinski definition) is 0. The molecule has 1 fully saturated rings. The van der Waals surface area contributed by atoms with Gasteiger partial charge in [-0.1, -0.05) is 0 Å². The first-order chi connectivity index (χ1) is 6.83. The van der Waals surface area contributed by atoms with Crippen molar-refractivity contribution in [3.05, 3.63) is 18.0 Å². The Morgan fingerprint density at radius 1 is 1.79 bits per heavy atom. The third kappa shape index (κ3) is 1.71. The van der Waals surface area contributed by atoms with Crippen LogP contribution in [0.1, 0.15) is 30.3 Å². The predicted octanol–water partition coefficient (Wildman–Crippen LogP) is 1.98. The highest BCUT2D eigenvalue weighted by atomic mass is 32.2. The highest BCUT2D eigenvalue weighted by Gasteiger charge is 2.26. The number of thioether (sulfide) groups is 1. The zero-order valence-corrected chi connectivity index (χ0v) is 9.09. The Hall–Kier alpha value is -0.770. The Kier molecular flexibility index (Phi) is 2.91. The van der Waals surface area contributed by atoms with Crippen LogP contribution in [0.25, 0.3) is 0 Å². The standard InChI is InChI=1S/C10H14N2OS/c1-2-12-8(5-6-11-12)10(13)9-4-3-7-14-9/h5-6,9H,2-4,7H2,1H3. The minimum atomic E-state index is 0.178. The van der Waals surface area contributed by atoms with Crippen molar-refractivity contribution in [1.29, 1.82) is 0 Å². The molecule has 1 atom stereocenters. The molecule has 0 radical (unpaired) electrons. The maximum atomic E-state index is 12.0. The van der Waals surface area contributed by atoms with Gasteiger partial charge in [0, 0.05) is 12.7 Å². The van der Waals surface area contributed by atoms with Gasteiger partial charge in [0.15, 0.2) is 5.78 Å². The van der Waals surface area contributed by atoms with E-state index in [2.05, 4.69) is 5.10 Å². The van der Waals surface area contributed by atoms with Gasteiger partial charge in [-0.25, -0.2) is 0 Å². The van der Waals surface area contributed by atoms with Crippen LogP contribution in [0.2, 0.25) is 0 Å². The van der Waals surface area contributed by atoms with Crippen molar-refractivity contribution in [1.82, 2.24) is 9.78 Å². The van der Waals surface area contributed by atoms with E-state index < -0.39 is 0 Å². The smallest absolute Gasteiger partial charge is 0.193 e. The second-order valence-electron chi connectivity index (χ2n) is 3.40. The van der Waals surface area contributed by atoms with Crippen molar-refractivity contribution < 1.29 is 4.79 Å². The molecule has 0 bridgehead atoms. The minimum Gasteiger partial charge on any atom is -0.291 e. The lowest BCUT2D eigenvalue weighted by atomic mass is 10.1. The maximum absolute atomic E-state index is 12.0. The van der Waals surface area contributed by atoms with Crippen molar-refractivity contribution in [2.45, 2.75) is 31.6 Å². The van der Waals surface area contributed by atoms with E-state index in [9.17, 15) is 4.79 Å². The van der Waals surface area contributed by atoms with Crippen LogP contribution in [0.15, 0.2) is 12.3 Å². The molecule has 2 heterocycles. The third-order valence-electron chi connectivity index (χ3n) is 2.49. The molecule has 3 nitrogen and oxygen atoms in total. The molecule has 0 aromatic carbocycles. The second kappa shape index (κ2) is 4.17. The van der Waals surface area contributed by atoms with Crippen molar-refractivity contribution in [3.63, 3.8) is 0 Å². The van der Waals surface area contributed by atoms with Crippen LogP contribution in [-0.4, -0.2) is 26.6 Å². The molecule has 0 aliphatic carbocycles. The summed E-state index contributed by atoms with van der Waals surface area (Å²) in [7, 11) is 0. The monoisotopic (exact) mass is 210 g/mol. The molecule has 76 valence electrons. The number of hydrogen-bond acceptors (Lipinski definition) is 3. The second-order valence-corrected chi connectivity index (χ2v) is 4.71. The zero-order chi connectivity index (χ0) is 9.97. The number of aromatic nitrogens is 2. The average Bonchev–Trinajstić information content (AvgIpc) is 2.87. The summed E-state index contributed by atoms with van der Waals surface area (Å²) in [4.78, 5) is 12.0. The Balaban J connectivity index is 2.17. The van der Waals surface area contributed by atoms with Gasteiger partial charge in [-0.15, -0.1) is 0 Å². The number of ketones is 1. The summed E-state index contributed by atoms with van der Waals surface area (Å²) in [5.74, 6) is 1.38. The van der Waals surface area contributed by atoms with Crippen LogP contribution in [-0.2, 0) is 6.54 Å². The summed E-state index contributed by atoms with van der Waals surface area (Å²) in [5, 5.41) is 4.29. The molecule has 2 rings (SSSR count). The fraction of sp³-hybridized carbons (Fsp3) is 0.600. The van der Waals surface area contributed by atoms with Gasteiger partial charge in [-0.05, 0) is 31.6 Å². The lowest BCUT2D eigenvalue weighted by Gasteiger charge is -2.08. The van der Waals surface area contributed by atoms with E-state index in [-0.39, 0.29) is 11.0 Å². The fourth-order valence-corrected chi connectivity index (χ4v) is 2.97. The molecule has 1 aromatic heterocycles. The molecule has 1 saturated heterocycles. The molecule has 0 saturated carbocycles. The summed E-state index contributed by atoms with van der Waals surface area (Å²) >= 11 is 1.78. The Morgan fingerprint density at radius 2 is 2.64 bits per heavy atom. The van der Waals surface area contributed by atoms with Crippen LogP contribution in [0.4, 0.5) is 0 Å². The fourth-order valence-electron chi connectivity index (χ4n) is 1.74. The maximum Gasteiger partial charge on any atom is 0.193 e. The van der Waals surface area contributed by atoms with Gasteiger partial charge in [0.05, 0.1) is 5.25 Å². The van der Waals surface area contributed by atoms with Crippen LogP contribution >= 0.6 is 11.8 Å². The quantitative estimate of drug-likeness (QED) is 0.715. The Labute approximate surface area is 87.9 Å². The summed E-state index contributed by atoms with van der Waals surface area (Å²) in [6.45, 7) is 2.77.